The number of nitrogens with one attached hydrogen (secondary N) is 3. The van der Waals surface area contributed by atoms with E-state index in [1.165, 1.54) is 11.9 Å². The van der Waals surface area contributed by atoms with Gasteiger partial charge in [-0.1, -0.05) is 17.7 Å². The maximum absolute atomic E-state index is 11.8. The van der Waals surface area contributed by atoms with Crippen LogP contribution in [-0.2, 0) is 9.53 Å². The molecular formula is C14H19ClN4O3. The molecule has 1 aromatic rings. The Morgan fingerprint density at radius 2 is 2.09 bits per heavy atom. The summed E-state index contributed by atoms with van der Waals surface area (Å²) >= 11 is 5.81. The van der Waals surface area contributed by atoms with Gasteiger partial charge in [0.25, 0.3) is 0 Å². The van der Waals surface area contributed by atoms with Crippen LogP contribution in [0.25, 0.3) is 0 Å². The van der Waals surface area contributed by atoms with Gasteiger partial charge in [-0.15, -0.1) is 0 Å². The van der Waals surface area contributed by atoms with Crippen LogP contribution in [0.2, 0.25) is 5.02 Å². The van der Waals surface area contributed by atoms with Crippen LogP contribution in [0.4, 0.5) is 10.5 Å². The molecule has 3 N–H and O–H groups in total. The summed E-state index contributed by atoms with van der Waals surface area (Å²) in [6.07, 6.45) is -0.228. The third-order valence-electron chi connectivity index (χ3n) is 2.43. The summed E-state index contributed by atoms with van der Waals surface area (Å²) in [7, 11) is 1.50. The van der Waals surface area contributed by atoms with E-state index in [4.69, 9.17) is 21.7 Å². The molecule has 0 saturated heterocycles. The lowest BCUT2D eigenvalue weighted by Gasteiger charge is -2.20. The lowest BCUT2D eigenvalue weighted by molar-refractivity contribution is -0.147. The van der Waals surface area contributed by atoms with Crippen LogP contribution in [0.15, 0.2) is 24.3 Å². The van der Waals surface area contributed by atoms with Crippen molar-refractivity contribution >= 4 is 35.2 Å². The molecule has 0 unspecified atom stereocenters. The first kappa shape index (κ1) is 17.8. The Bertz CT molecular complexity index is 563. The number of urea groups is 1. The molecule has 0 aliphatic heterocycles. The molecule has 0 aliphatic carbocycles. The highest BCUT2D eigenvalue weighted by Crippen LogP contribution is 2.14. The minimum Gasteiger partial charge on any atom is -0.462 e. The lowest BCUT2D eigenvalue weighted by Crippen LogP contribution is -2.45. The van der Waals surface area contributed by atoms with Gasteiger partial charge in [0.15, 0.2) is 5.96 Å². The quantitative estimate of drug-likeness (QED) is 0.449. The SMILES string of the molecule is CC(C)OC(=O)CN(C)C(=N)NC(=O)Nc1cccc(Cl)c1. The number of amides is 2. The first-order valence-electron chi connectivity index (χ1n) is 6.60. The van der Waals surface area contributed by atoms with Crippen LogP contribution in [0, 0.1) is 5.41 Å². The number of esters is 1. The molecule has 0 atom stereocenters. The minimum absolute atomic E-state index is 0.130. The maximum atomic E-state index is 11.8. The van der Waals surface area contributed by atoms with Gasteiger partial charge in [-0.2, -0.15) is 0 Å². The fourth-order valence-electron chi connectivity index (χ4n) is 1.50. The Hall–Kier alpha value is -2.28. The summed E-state index contributed by atoms with van der Waals surface area (Å²) in [4.78, 5) is 24.5. The molecule has 0 fully saturated rings. The Labute approximate surface area is 134 Å². The molecule has 1 rings (SSSR count). The van der Waals surface area contributed by atoms with Gasteiger partial charge >= 0.3 is 12.0 Å². The number of anilines is 1. The summed E-state index contributed by atoms with van der Waals surface area (Å²) in [5, 5.41) is 13.1. The molecule has 0 saturated carbocycles. The smallest absolute Gasteiger partial charge is 0.325 e. The average Bonchev–Trinajstić information content (AvgIpc) is 2.37. The standard InChI is InChI=1S/C14H19ClN4O3/c1-9(2)22-12(20)8-19(3)13(16)18-14(21)17-11-6-4-5-10(15)7-11/h4-7,9H,8H2,1-3H3,(H3,16,17,18,21). The highest BCUT2D eigenvalue weighted by Gasteiger charge is 2.14. The van der Waals surface area contributed by atoms with Crippen LogP contribution in [0.1, 0.15) is 13.8 Å². The third-order valence-corrected chi connectivity index (χ3v) is 2.66. The average molecular weight is 327 g/mol. The van der Waals surface area contributed by atoms with E-state index in [2.05, 4.69) is 10.6 Å². The molecule has 8 heteroatoms. The Morgan fingerprint density at radius 3 is 2.68 bits per heavy atom. The van der Waals surface area contributed by atoms with Crippen LogP contribution in [0.3, 0.4) is 0 Å². The molecule has 7 nitrogen and oxygen atoms in total. The molecule has 2 amide bonds. The minimum atomic E-state index is -0.601. The Kier molecular flexibility index (Phi) is 6.65. The fourth-order valence-corrected chi connectivity index (χ4v) is 1.69. The lowest BCUT2D eigenvalue weighted by atomic mass is 10.3. The van der Waals surface area contributed by atoms with Crippen molar-refractivity contribution in [3.05, 3.63) is 29.3 Å². The van der Waals surface area contributed by atoms with Crippen LogP contribution < -0.4 is 10.6 Å². The highest BCUT2D eigenvalue weighted by atomic mass is 35.5. The second kappa shape index (κ2) is 8.23. The number of likely N-dealkylation sites (N-methyl/N-ethyl adjacent to an activating group) is 1. The number of carbonyl (C=O) groups is 2. The van der Waals surface area contributed by atoms with Crippen molar-refractivity contribution < 1.29 is 14.3 Å². The summed E-state index contributed by atoms with van der Waals surface area (Å²) in [5.41, 5.74) is 0.500. The third kappa shape index (κ3) is 6.45. The topological polar surface area (TPSA) is 94.5 Å². The van der Waals surface area contributed by atoms with Crippen molar-refractivity contribution in [3.8, 4) is 0 Å². The van der Waals surface area contributed by atoms with Crippen molar-refractivity contribution in [1.82, 2.24) is 10.2 Å². The molecule has 0 bridgehead atoms. The molecule has 0 aliphatic rings. The first-order valence-corrected chi connectivity index (χ1v) is 6.98. The molecular weight excluding hydrogens is 308 g/mol. The van der Waals surface area contributed by atoms with E-state index in [-0.39, 0.29) is 18.6 Å². The monoisotopic (exact) mass is 326 g/mol. The molecule has 1 aromatic carbocycles. The van der Waals surface area contributed by atoms with Gasteiger partial charge in [-0.3, -0.25) is 15.5 Å². The highest BCUT2D eigenvalue weighted by molar-refractivity contribution is 6.30. The van der Waals surface area contributed by atoms with Crippen molar-refractivity contribution in [1.29, 1.82) is 5.41 Å². The van der Waals surface area contributed by atoms with Gasteiger partial charge in [0, 0.05) is 17.8 Å². The zero-order valence-corrected chi connectivity index (χ0v) is 13.4. The zero-order chi connectivity index (χ0) is 16.7. The normalized spacial score (nSPS) is 10.0. The van der Waals surface area contributed by atoms with Gasteiger partial charge in [-0.05, 0) is 32.0 Å². The van der Waals surface area contributed by atoms with Crippen LogP contribution >= 0.6 is 11.6 Å². The summed E-state index contributed by atoms with van der Waals surface area (Å²) < 4.78 is 4.96. The molecule has 120 valence electrons. The van der Waals surface area contributed by atoms with E-state index in [9.17, 15) is 9.59 Å². The second-order valence-electron chi connectivity index (χ2n) is 4.83. The Morgan fingerprint density at radius 1 is 1.41 bits per heavy atom. The van der Waals surface area contributed by atoms with Crippen molar-refractivity contribution in [2.45, 2.75) is 20.0 Å². The summed E-state index contributed by atoms with van der Waals surface area (Å²) in [6, 6.07) is 6.02. The van der Waals surface area contributed by atoms with Gasteiger partial charge in [0.1, 0.15) is 6.54 Å². The molecule has 22 heavy (non-hydrogen) atoms. The van der Waals surface area contributed by atoms with Crippen LogP contribution in [0.5, 0.6) is 0 Å². The number of ether oxygens (including phenoxy) is 1. The Balaban J connectivity index is 2.46. The number of carbonyl (C=O) groups excluding carboxylic acids is 2. The molecule has 0 radical (unpaired) electrons. The number of hydrogen-bond donors (Lipinski definition) is 3. The van der Waals surface area contributed by atoms with E-state index in [0.717, 1.165) is 0 Å². The molecule has 0 heterocycles. The number of guanidine groups is 1. The van der Waals surface area contributed by atoms with E-state index < -0.39 is 12.0 Å². The van der Waals surface area contributed by atoms with Gasteiger partial charge < -0.3 is 15.0 Å². The number of benzene rings is 1. The largest absolute Gasteiger partial charge is 0.462 e. The predicted molar refractivity (Wildman–Crippen MR) is 85.2 cm³/mol. The first-order chi connectivity index (χ1) is 10.3. The maximum Gasteiger partial charge on any atom is 0.325 e. The summed E-state index contributed by atoms with van der Waals surface area (Å²) in [5.74, 6) is -0.695. The van der Waals surface area contributed by atoms with Gasteiger partial charge in [0.05, 0.1) is 6.10 Å². The fraction of sp³-hybridized carbons (Fsp3) is 0.357. The van der Waals surface area contributed by atoms with Gasteiger partial charge in [-0.25, -0.2) is 4.79 Å². The van der Waals surface area contributed by atoms with E-state index >= 15 is 0 Å². The van der Waals surface area contributed by atoms with E-state index in [1.807, 2.05) is 0 Å². The van der Waals surface area contributed by atoms with Crippen LogP contribution in [-0.4, -0.2) is 42.6 Å². The predicted octanol–water partition coefficient (Wildman–Crippen LogP) is 2.28. The van der Waals surface area contributed by atoms with Crippen molar-refractivity contribution in [2.24, 2.45) is 0 Å². The van der Waals surface area contributed by atoms with Gasteiger partial charge in [0.2, 0.25) is 0 Å². The molecule has 0 spiro atoms. The van der Waals surface area contributed by atoms with Crippen molar-refractivity contribution in [2.75, 3.05) is 18.9 Å². The van der Waals surface area contributed by atoms with E-state index in [1.54, 1.807) is 38.1 Å². The molecule has 0 aromatic heterocycles. The number of hydrogen-bond acceptors (Lipinski definition) is 4. The van der Waals surface area contributed by atoms with Crippen molar-refractivity contribution in [3.63, 3.8) is 0 Å². The van der Waals surface area contributed by atoms with E-state index in [0.29, 0.717) is 10.7 Å². The summed E-state index contributed by atoms with van der Waals surface area (Å²) in [6.45, 7) is 3.34. The zero-order valence-electron chi connectivity index (χ0n) is 12.6. The number of nitrogens with zero attached hydrogens (tertiary/aromatic N) is 1. The number of halogens is 1. The second-order valence-corrected chi connectivity index (χ2v) is 5.27. The number of rotatable bonds is 4.